The first-order valence-corrected chi connectivity index (χ1v) is 11.8. The van der Waals surface area contributed by atoms with Gasteiger partial charge in [0, 0.05) is 9.47 Å². The fourth-order valence-electron chi connectivity index (χ4n) is 3.43. The Morgan fingerprint density at radius 3 is 2.07 bits per heavy atom. The van der Waals surface area contributed by atoms with Crippen LogP contribution >= 0.6 is 9.47 Å². The second-order valence-electron chi connectivity index (χ2n) is 7.73. The van der Waals surface area contributed by atoms with Crippen LogP contribution in [0.3, 0.4) is 0 Å². The van der Waals surface area contributed by atoms with E-state index < -0.39 is 6.10 Å². The maximum atomic E-state index is 12.5. The molecule has 0 radical (unpaired) electrons. The van der Waals surface area contributed by atoms with E-state index in [0.29, 0.717) is 12.2 Å². The van der Waals surface area contributed by atoms with Crippen molar-refractivity contribution in [1.82, 2.24) is 0 Å². The van der Waals surface area contributed by atoms with E-state index in [2.05, 4.69) is 29.4 Å². The van der Waals surface area contributed by atoms with Crippen LogP contribution in [0.5, 0.6) is 5.75 Å². The molecule has 2 unspecified atom stereocenters. The average molecular weight is 409 g/mol. The largest absolute Gasteiger partial charge is 0.424 e. The number of ether oxygens (including phenoxy) is 1. The molecule has 1 aromatic carbocycles. The Kier molecular flexibility index (Phi) is 15.2. The summed E-state index contributed by atoms with van der Waals surface area (Å²) >= 11 is 0. The Morgan fingerprint density at radius 1 is 0.857 bits per heavy atom. The lowest BCUT2D eigenvalue weighted by Crippen LogP contribution is -2.26. The molecule has 0 aliphatic carbocycles. The molecule has 160 valence electrons. The van der Waals surface area contributed by atoms with Crippen LogP contribution in [0.1, 0.15) is 103 Å². The number of hydrogen-bond acceptors (Lipinski definition) is 3. The van der Waals surface area contributed by atoms with Gasteiger partial charge in [-0.1, -0.05) is 103 Å². The Labute approximate surface area is 175 Å². The highest BCUT2D eigenvalue weighted by Gasteiger charge is 2.20. The molecule has 0 N–H and O–H groups in total. The zero-order valence-corrected chi connectivity index (χ0v) is 19.2. The Morgan fingerprint density at radius 2 is 1.43 bits per heavy atom. The monoisotopic (exact) mass is 408 g/mol. The number of benzene rings is 1. The van der Waals surface area contributed by atoms with Crippen LogP contribution < -0.4 is 4.74 Å². The zero-order chi connectivity index (χ0) is 20.5. The van der Waals surface area contributed by atoms with Gasteiger partial charge in [0.05, 0.1) is 0 Å². The molecule has 0 saturated carbocycles. The van der Waals surface area contributed by atoms with Crippen molar-refractivity contribution in [2.24, 2.45) is 0 Å². The van der Waals surface area contributed by atoms with Crippen molar-refractivity contribution in [3.05, 3.63) is 29.8 Å². The molecule has 2 atom stereocenters. The van der Waals surface area contributed by atoms with E-state index in [1.165, 1.54) is 57.8 Å². The predicted molar refractivity (Wildman–Crippen MR) is 122 cm³/mol. The lowest BCUT2D eigenvalue weighted by molar-refractivity contribution is -0.142. The minimum atomic E-state index is -0.502. The van der Waals surface area contributed by atoms with Crippen LogP contribution in [-0.4, -0.2) is 12.1 Å². The molecule has 4 heteroatoms. The van der Waals surface area contributed by atoms with Gasteiger partial charge in [-0.15, -0.1) is 0 Å². The Hall–Kier alpha value is -0.920. The van der Waals surface area contributed by atoms with Crippen LogP contribution in [0.15, 0.2) is 24.3 Å². The van der Waals surface area contributed by atoms with Crippen molar-refractivity contribution >= 4 is 15.4 Å². The quantitative estimate of drug-likeness (QED) is 0.116. The van der Waals surface area contributed by atoms with Crippen molar-refractivity contribution in [3.8, 4) is 5.75 Å². The zero-order valence-electron chi connectivity index (χ0n) is 18.1. The van der Waals surface area contributed by atoms with Crippen LogP contribution in [0, 0.1) is 0 Å². The van der Waals surface area contributed by atoms with Crippen LogP contribution in [0.25, 0.3) is 0 Å². The number of esters is 1. The summed E-state index contributed by atoms with van der Waals surface area (Å²) in [6, 6.07) is 7.92. The summed E-state index contributed by atoms with van der Waals surface area (Å²) < 4.78 is 11.0. The molecule has 0 amide bonds. The van der Waals surface area contributed by atoms with Gasteiger partial charge in [-0.3, -0.25) is 0 Å². The van der Waals surface area contributed by atoms with E-state index in [9.17, 15) is 4.79 Å². The van der Waals surface area contributed by atoms with Gasteiger partial charge >= 0.3 is 5.97 Å². The fraction of sp³-hybridized carbons (Fsp3) is 0.708. The van der Waals surface area contributed by atoms with Crippen LogP contribution in [-0.2, 0) is 15.7 Å². The van der Waals surface area contributed by atoms with Crippen molar-refractivity contribution in [1.29, 1.82) is 0 Å². The number of rotatable bonds is 17. The van der Waals surface area contributed by atoms with Gasteiger partial charge in [-0.2, -0.15) is 0 Å². The minimum Gasteiger partial charge on any atom is -0.424 e. The number of carbonyl (C=O) groups is 1. The van der Waals surface area contributed by atoms with E-state index in [-0.39, 0.29) is 5.97 Å². The first kappa shape index (κ1) is 25.1. The second-order valence-corrected chi connectivity index (χ2v) is 8.00. The third kappa shape index (κ3) is 11.2. The fourth-order valence-corrected chi connectivity index (χ4v) is 3.68. The minimum absolute atomic E-state index is 0.283. The van der Waals surface area contributed by atoms with Crippen LogP contribution in [0.4, 0.5) is 0 Å². The molecule has 3 nitrogen and oxygen atoms in total. The number of carbonyl (C=O) groups excluding carboxylic acids is 1. The topological polar surface area (TPSA) is 35.5 Å². The van der Waals surface area contributed by atoms with Gasteiger partial charge in [0.2, 0.25) is 0 Å². The number of aryl methyl sites for hydroxylation is 1. The van der Waals surface area contributed by atoms with Crippen molar-refractivity contribution in [2.45, 2.75) is 110 Å². The highest BCUT2D eigenvalue weighted by atomic mass is 31.0. The van der Waals surface area contributed by atoms with E-state index in [4.69, 9.17) is 9.26 Å². The normalized spacial score (nSPS) is 12.1. The van der Waals surface area contributed by atoms with E-state index in [0.717, 1.165) is 31.2 Å². The summed E-state index contributed by atoms with van der Waals surface area (Å²) in [7, 11) is 2.22. The summed E-state index contributed by atoms with van der Waals surface area (Å²) in [5.74, 6) is 0.408. The maximum Gasteiger partial charge on any atom is 0.340 e. The molecule has 28 heavy (non-hydrogen) atoms. The van der Waals surface area contributed by atoms with E-state index in [1.54, 1.807) is 0 Å². The third-order valence-electron chi connectivity index (χ3n) is 5.23. The van der Waals surface area contributed by atoms with Crippen molar-refractivity contribution in [2.75, 3.05) is 0 Å². The average Bonchev–Trinajstić information content (AvgIpc) is 2.71. The van der Waals surface area contributed by atoms with Gasteiger partial charge < -0.3 is 9.26 Å². The van der Waals surface area contributed by atoms with E-state index in [1.807, 2.05) is 18.2 Å². The standard InChI is InChI=1S/C24H41O3P/c1-3-5-7-9-10-11-12-13-17-21-18-15-16-19-22(21)26-24(25)23(27-28)20-14-8-6-4-2/h15-16,18-19,23H,3-14,17,20,28H2,1-2H3. The maximum absolute atomic E-state index is 12.5. The first-order valence-electron chi connectivity index (χ1n) is 11.4. The Balaban J connectivity index is 2.39. The van der Waals surface area contributed by atoms with Gasteiger partial charge in [-0.25, -0.2) is 4.79 Å². The molecule has 0 aromatic heterocycles. The molecular formula is C24H41O3P. The highest BCUT2D eigenvalue weighted by molar-refractivity contribution is 7.09. The molecule has 0 spiro atoms. The van der Waals surface area contributed by atoms with Gasteiger partial charge in [-0.05, 0) is 30.9 Å². The molecule has 0 bridgehead atoms. The summed E-state index contributed by atoms with van der Waals surface area (Å²) in [5, 5.41) is 0. The summed E-state index contributed by atoms with van der Waals surface area (Å²) in [5.41, 5.74) is 1.12. The third-order valence-corrected chi connectivity index (χ3v) is 5.56. The summed E-state index contributed by atoms with van der Waals surface area (Å²) in [6.07, 6.45) is 16.1. The molecule has 0 fully saturated rings. The lowest BCUT2D eigenvalue weighted by atomic mass is 10.0. The number of hydrogen-bond donors (Lipinski definition) is 0. The smallest absolute Gasteiger partial charge is 0.340 e. The number of unbranched alkanes of at least 4 members (excludes halogenated alkanes) is 10. The second kappa shape index (κ2) is 17.0. The first-order chi connectivity index (χ1) is 13.7. The number of para-hydroxylation sites is 1. The molecule has 0 heterocycles. The lowest BCUT2D eigenvalue weighted by Gasteiger charge is -2.16. The molecule has 1 rings (SSSR count). The summed E-state index contributed by atoms with van der Waals surface area (Å²) in [4.78, 5) is 12.5. The molecule has 0 saturated heterocycles. The van der Waals surface area contributed by atoms with Crippen molar-refractivity contribution in [3.63, 3.8) is 0 Å². The molecular weight excluding hydrogens is 367 g/mol. The van der Waals surface area contributed by atoms with Gasteiger partial charge in [0.1, 0.15) is 5.75 Å². The molecule has 1 aromatic rings. The summed E-state index contributed by atoms with van der Waals surface area (Å²) in [6.45, 7) is 4.44. The van der Waals surface area contributed by atoms with E-state index >= 15 is 0 Å². The molecule has 0 aliphatic heterocycles. The van der Waals surface area contributed by atoms with Crippen molar-refractivity contribution < 1.29 is 14.1 Å². The Bertz CT molecular complexity index is 518. The SMILES string of the molecule is CCCCCCCCCCc1ccccc1OC(=O)C(CCCCCC)OP. The predicted octanol–water partition coefficient (Wildman–Crippen LogP) is 7.42. The molecule has 0 aliphatic rings. The highest BCUT2D eigenvalue weighted by Crippen LogP contribution is 2.23. The van der Waals surface area contributed by atoms with Crippen LogP contribution in [0.2, 0.25) is 0 Å². The van der Waals surface area contributed by atoms with Gasteiger partial charge in [0.15, 0.2) is 6.10 Å². The van der Waals surface area contributed by atoms with Gasteiger partial charge in [0.25, 0.3) is 0 Å².